The van der Waals surface area contributed by atoms with Gasteiger partial charge in [0, 0.05) is 29.5 Å². The number of benzene rings is 2. The van der Waals surface area contributed by atoms with Crippen LogP contribution in [0.1, 0.15) is 40.0 Å². The molecule has 5 heteroatoms. The first-order chi connectivity index (χ1) is 10.7. The van der Waals surface area contributed by atoms with Gasteiger partial charge in [0.05, 0.1) is 11.1 Å². The van der Waals surface area contributed by atoms with Gasteiger partial charge in [-0.2, -0.15) is 0 Å². The molecule has 1 fully saturated rings. The van der Waals surface area contributed by atoms with Gasteiger partial charge in [-0.3, -0.25) is 9.59 Å². The average molecular weight is 295 g/mol. The van der Waals surface area contributed by atoms with Gasteiger partial charge in [0.1, 0.15) is 0 Å². The van der Waals surface area contributed by atoms with Crippen molar-refractivity contribution >= 4 is 28.3 Å². The lowest BCUT2D eigenvalue weighted by Crippen LogP contribution is -2.45. The van der Waals surface area contributed by atoms with Crippen molar-refractivity contribution < 1.29 is 9.59 Å². The fourth-order valence-electron chi connectivity index (χ4n) is 3.51. The molecule has 2 heterocycles. The molecule has 5 nitrogen and oxygen atoms in total. The normalized spacial score (nSPS) is 18.2. The van der Waals surface area contributed by atoms with Crippen molar-refractivity contribution in [3.05, 3.63) is 41.5 Å². The summed E-state index contributed by atoms with van der Waals surface area (Å²) < 4.78 is 0. The van der Waals surface area contributed by atoms with Crippen LogP contribution in [0, 0.1) is 0 Å². The second kappa shape index (κ2) is 4.81. The van der Waals surface area contributed by atoms with E-state index in [2.05, 4.69) is 4.90 Å². The standard InChI is InChI=1S/C17H17N3O2/c18-20-16(21)12-6-4-5-11-14(19-9-2-1-3-10-19)8-7-13(15(11)12)17(20)22/h4-8H,1-3,9-10,18H2. The zero-order chi connectivity index (χ0) is 15.3. The van der Waals surface area contributed by atoms with E-state index in [-0.39, 0.29) is 0 Å². The minimum atomic E-state index is -0.432. The van der Waals surface area contributed by atoms with E-state index >= 15 is 0 Å². The van der Waals surface area contributed by atoms with Crippen LogP contribution in [0.15, 0.2) is 30.3 Å². The molecule has 1 saturated heterocycles. The van der Waals surface area contributed by atoms with Gasteiger partial charge in [-0.15, -0.1) is 0 Å². The maximum atomic E-state index is 12.3. The van der Waals surface area contributed by atoms with E-state index in [1.54, 1.807) is 12.1 Å². The molecule has 0 saturated carbocycles. The topological polar surface area (TPSA) is 66.6 Å². The number of rotatable bonds is 1. The number of nitrogens with zero attached hydrogens (tertiary/aromatic N) is 2. The lowest BCUT2D eigenvalue weighted by atomic mass is 9.93. The Kier molecular flexibility index (Phi) is 2.90. The first kappa shape index (κ1) is 13.3. The number of piperidine rings is 1. The monoisotopic (exact) mass is 295 g/mol. The van der Waals surface area contributed by atoms with Crippen LogP contribution in [0.4, 0.5) is 5.69 Å². The molecule has 2 amide bonds. The van der Waals surface area contributed by atoms with E-state index in [0.29, 0.717) is 16.1 Å². The molecule has 0 bridgehead atoms. The van der Waals surface area contributed by atoms with E-state index in [4.69, 9.17) is 5.84 Å². The van der Waals surface area contributed by atoms with E-state index in [1.165, 1.54) is 19.3 Å². The van der Waals surface area contributed by atoms with Crippen LogP contribution < -0.4 is 10.7 Å². The van der Waals surface area contributed by atoms with Gasteiger partial charge < -0.3 is 4.90 Å². The number of amides is 2. The van der Waals surface area contributed by atoms with Crippen molar-refractivity contribution in [1.29, 1.82) is 0 Å². The summed E-state index contributed by atoms with van der Waals surface area (Å²) in [6, 6.07) is 9.36. The van der Waals surface area contributed by atoms with Crippen molar-refractivity contribution in [1.82, 2.24) is 5.01 Å². The summed E-state index contributed by atoms with van der Waals surface area (Å²) in [7, 11) is 0. The number of anilines is 1. The molecule has 0 atom stereocenters. The molecular weight excluding hydrogens is 278 g/mol. The summed E-state index contributed by atoms with van der Waals surface area (Å²) in [5.74, 6) is 4.75. The molecule has 0 aliphatic carbocycles. The Morgan fingerprint density at radius 2 is 1.55 bits per heavy atom. The predicted octanol–water partition coefficient (Wildman–Crippen LogP) is 2.30. The van der Waals surface area contributed by atoms with Crippen LogP contribution in [0.5, 0.6) is 0 Å². The molecule has 22 heavy (non-hydrogen) atoms. The van der Waals surface area contributed by atoms with E-state index < -0.39 is 11.8 Å². The maximum Gasteiger partial charge on any atom is 0.275 e. The number of hydrogen-bond acceptors (Lipinski definition) is 4. The fourth-order valence-corrected chi connectivity index (χ4v) is 3.51. The van der Waals surface area contributed by atoms with E-state index in [0.717, 1.165) is 29.5 Å². The first-order valence-corrected chi connectivity index (χ1v) is 7.62. The van der Waals surface area contributed by atoms with Gasteiger partial charge in [-0.25, -0.2) is 10.9 Å². The van der Waals surface area contributed by atoms with Crippen LogP contribution in [-0.4, -0.2) is 29.9 Å². The third-order valence-corrected chi connectivity index (χ3v) is 4.61. The quantitative estimate of drug-likeness (QED) is 0.498. The van der Waals surface area contributed by atoms with Gasteiger partial charge >= 0.3 is 0 Å². The summed E-state index contributed by atoms with van der Waals surface area (Å²) >= 11 is 0. The molecule has 4 rings (SSSR count). The largest absolute Gasteiger partial charge is 0.371 e. The van der Waals surface area contributed by atoms with Crippen molar-refractivity contribution in [2.45, 2.75) is 19.3 Å². The molecule has 0 spiro atoms. The lowest BCUT2D eigenvalue weighted by molar-refractivity contribution is 0.0610. The van der Waals surface area contributed by atoms with Crippen molar-refractivity contribution in [3.63, 3.8) is 0 Å². The number of hydrogen-bond donors (Lipinski definition) is 1. The number of nitrogens with two attached hydrogens (primary N) is 1. The smallest absolute Gasteiger partial charge is 0.275 e. The van der Waals surface area contributed by atoms with E-state index in [9.17, 15) is 9.59 Å². The van der Waals surface area contributed by atoms with Gasteiger partial charge in [0.25, 0.3) is 11.8 Å². The molecule has 2 N–H and O–H groups in total. The summed E-state index contributed by atoms with van der Waals surface area (Å²) in [6.07, 6.45) is 3.62. The summed E-state index contributed by atoms with van der Waals surface area (Å²) in [5, 5.41) is 2.41. The molecule has 2 aromatic carbocycles. The van der Waals surface area contributed by atoms with Gasteiger partial charge in [-0.1, -0.05) is 12.1 Å². The Morgan fingerprint density at radius 1 is 0.864 bits per heavy atom. The van der Waals surface area contributed by atoms with Crippen LogP contribution in [0.25, 0.3) is 10.8 Å². The minimum Gasteiger partial charge on any atom is -0.371 e. The highest BCUT2D eigenvalue weighted by Crippen LogP contribution is 2.36. The van der Waals surface area contributed by atoms with Crippen LogP contribution in [0.3, 0.4) is 0 Å². The summed E-state index contributed by atoms with van der Waals surface area (Å²) in [4.78, 5) is 26.9. The highest BCUT2D eigenvalue weighted by atomic mass is 16.2. The molecule has 0 unspecified atom stereocenters. The number of carbonyl (C=O) groups is 2. The number of carbonyl (C=O) groups excluding carboxylic acids is 2. The minimum absolute atomic E-state index is 0.432. The molecule has 2 aliphatic rings. The van der Waals surface area contributed by atoms with Gasteiger partial charge in [0.15, 0.2) is 0 Å². The van der Waals surface area contributed by atoms with Crippen molar-refractivity contribution in [2.24, 2.45) is 5.84 Å². The van der Waals surface area contributed by atoms with Crippen LogP contribution in [0.2, 0.25) is 0 Å². The highest BCUT2D eigenvalue weighted by molar-refractivity contribution is 6.26. The first-order valence-electron chi connectivity index (χ1n) is 7.62. The Hall–Kier alpha value is -2.40. The molecule has 0 aromatic heterocycles. The van der Waals surface area contributed by atoms with Gasteiger partial charge in [0.2, 0.25) is 0 Å². The third kappa shape index (κ3) is 1.75. The highest BCUT2D eigenvalue weighted by Gasteiger charge is 2.32. The Labute approximate surface area is 128 Å². The van der Waals surface area contributed by atoms with Crippen molar-refractivity contribution in [2.75, 3.05) is 18.0 Å². The Bertz CT molecular complexity index is 772. The van der Waals surface area contributed by atoms with Crippen molar-refractivity contribution in [3.8, 4) is 0 Å². The predicted molar refractivity (Wildman–Crippen MR) is 84.7 cm³/mol. The SMILES string of the molecule is NN1C(=O)c2cccc3c(N4CCCCC4)ccc(c23)C1=O. The Balaban J connectivity index is 1.98. The molecule has 2 aromatic rings. The second-order valence-corrected chi connectivity index (χ2v) is 5.89. The zero-order valence-corrected chi connectivity index (χ0v) is 12.2. The average Bonchev–Trinajstić information content (AvgIpc) is 2.58. The molecule has 0 radical (unpaired) electrons. The molecular formula is C17H17N3O2. The summed E-state index contributed by atoms with van der Waals surface area (Å²) in [6.45, 7) is 2.03. The number of hydrazine groups is 1. The zero-order valence-electron chi connectivity index (χ0n) is 12.2. The third-order valence-electron chi connectivity index (χ3n) is 4.61. The second-order valence-electron chi connectivity index (χ2n) is 5.89. The van der Waals surface area contributed by atoms with Gasteiger partial charge in [-0.05, 0) is 37.5 Å². The number of imide groups is 1. The Morgan fingerprint density at radius 3 is 2.27 bits per heavy atom. The fraction of sp³-hybridized carbons (Fsp3) is 0.294. The summed E-state index contributed by atoms with van der Waals surface area (Å²) in [5.41, 5.74) is 2.12. The lowest BCUT2D eigenvalue weighted by Gasteiger charge is -2.31. The maximum absolute atomic E-state index is 12.3. The molecule has 112 valence electrons. The van der Waals surface area contributed by atoms with Crippen LogP contribution >= 0.6 is 0 Å². The van der Waals surface area contributed by atoms with E-state index in [1.807, 2.05) is 18.2 Å². The molecule has 2 aliphatic heterocycles. The van der Waals surface area contributed by atoms with Crippen LogP contribution in [-0.2, 0) is 0 Å².